The second kappa shape index (κ2) is 4.18. The normalized spacial score (nSPS) is 18.3. The summed E-state index contributed by atoms with van der Waals surface area (Å²) in [5.41, 5.74) is 1.56. The monoisotopic (exact) mass is 239 g/mol. The summed E-state index contributed by atoms with van der Waals surface area (Å²) in [7, 11) is 0. The van der Waals surface area contributed by atoms with E-state index in [0.29, 0.717) is 10.9 Å². The molecule has 2 aromatic rings. The number of benzene rings is 1. The van der Waals surface area contributed by atoms with Crippen molar-refractivity contribution in [1.29, 1.82) is 0 Å². The van der Waals surface area contributed by atoms with Crippen LogP contribution in [0.5, 0.6) is 5.75 Å². The Kier molecular flexibility index (Phi) is 2.52. The highest BCUT2D eigenvalue weighted by Crippen LogP contribution is 2.24. The van der Waals surface area contributed by atoms with Crippen LogP contribution in [0, 0.1) is 0 Å². The molecular weight excluding hydrogens is 226 g/mol. The summed E-state index contributed by atoms with van der Waals surface area (Å²) >= 11 is 0. The van der Waals surface area contributed by atoms with E-state index in [1.165, 1.54) is 6.07 Å². The highest BCUT2D eigenvalue weighted by molar-refractivity contribution is 5.80. The first-order chi connectivity index (χ1) is 8.74. The van der Waals surface area contributed by atoms with Gasteiger partial charge < -0.3 is 10.1 Å². The zero-order valence-electron chi connectivity index (χ0n) is 9.76. The number of phenols is 1. The van der Waals surface area contributed by atoms with Crippen LogP contribution in [0.1, 0.15) is 18.0 Å². The van der Waals surface area contributed by atoms with Crippen LogP contribution in [0.3, 0.4) is 0 Å². The lowest BCUT2D eigenvalue weighted by atomic mass is 9.96. The van der Waals surface area contributed by atoms with Crippen LogP contribution in [0.2, 0.25) is 0 Å². The van der Waals surface area contributed by atoms with E-state index in [-0.39, 0.29) is 17.1 Å². The molecule has 0 saturated carbocycles. The van der Waals surface area contributed by atoms with Crippen LogP contribution in [-0.4, -0.2) is 10.1 Å². The predicted octanol–water partition coefficient (Wildman–Crippen LogP) is 2.83. The number of pyridine rings is 1. The fourth-order valence-corrected chi connectivity index (χ4v) is 2.27. The topological polar surface area (TPSA) is 53.1 Å². The Hall–Kier alpha value is -2.29. The second-order valence-electron chi connectivity index (χ2n) is 4.47. The fourth-order valence-electron chi connectivity index (χ4n) is 2.27. The molecule has 1 aromatic carbocycles. The lowest BCUT2D eigenvalue weighted by Gasteiger charge is -2.14. The third-order valence-electron chi connectivity index (χ3n) is 3.21. The van der Waals surface area contributed by atoms with Crippen molar-refractivity contribution in [1.82, 2.24) is 4.98 Å². The van der Waals surface area contributed by atoms with E-state index in [4.69, 9.17) is 0 Å². The number of aromatic amines is 1. The lowest BCUT2D eigenvalue weighted by Crippen LogP contribution is -2.08. The average molecular weight is 239 g/mol. The van der Waals surface area contributed by atoms with E-state index in [1.54, 1.807) is 18.2 Å². The van der Waals surface area contributed by atoms with Crippen molar-refractivity contribution >= 4 is 10.9 Å². The molecule has 0 radical (unpaired) electrons. The molecule has 0 spiro atoms. The number of hydrogen-bond donors (Lipinski definition) is 2. The van der Waals surface area contributed by atoms with Gasteiger partial charge in [0.25, 0.3) is 0 Å². The van der Waals surface area contributed by atoms with E-state index >= 15 is 0 Å². The van der Waals surface area contributed by atoms with Gasteiger partial charge in [0.1, 0.15) is 5.75 Å². The summed E-state index contributed by atoms with van der Waals surface area (Å²) in [5.74, 6) is 0.365. The predicted molar refractivity (Wildman–Crippen MR) is 71.9 cm³/mol. The van der Waals surface area contributed by atoms with Gasteiger partial charge in [-0.2, -0.15) is 0 Å². The van der Waals surface area contributed by atoms with Crippen molar-refractivity contribution in [3.8, 4) is 5.75 Å². The van der Waals surface area contributed by atoms with E-state index in [0.717, 1.165) is 12.1 Å². The first-order valence-electron chi connectivity index (χ1n) is 5.93. The van der Waals surface area contributed by atoms with Crippen LogP contribution in [-0.2, 0) is 0 Å². The minimum Gasteiger partial charge on any atom is -0.508 e. The van der Waals surface area contributed by atoms with E-state index < -0.39 is 0 Å². The largest absolute Gasteiger partial charge is 0.508 e. The Morgan fingerprint density at radius 3 is 2.89 bits per heavy atom. The van der Waals surface area contributed by atoms with Crippen molar-refractivity contribution in [2.45, 2.75) is 12.3 Å². The SMILES string of the molecule is O=c1cc(C2C=CC=CC2)[nH]c2cc(O)ccc12. The Morgan fingerprint density at radius 1 is 1.22 bits per heavy atom. The molecule has 18 heavy (non-hydrogen) atoms. The number of fused-ring (bicyclic) bond motifs is 1. The van der Waals surface area contributed by atoms with Crippen LogP contribution in [0.4, 0.5) is 0 Å². The Bertz CT molecular complexity index is 710. The Morgan fingerprint density at radius 2 is 2.11 bits per heavy atom. The second-order valence-corrected chi connectivity index (χ2v) is 4.47. The van der Waals surface area contributed by atoms with Crippen molar-refractivity contribution in [3.05, 3.63) is 64.5 Å². The summed E-state index contributed by atoms with van der Waals surface area (Å²) in [6.07, 6.45) is 9.02. The van der Waals surface area contributed by atoms with Crippen LogP contribution >= 0.6 is 0 Å². The third kappa shape index (κ3) is 1.84. The zero-order chi connectivity index (χ0) is 12.5. The van der Waals surface area contributed by atoms with Crippen molar-refractivity contribution in [2.24, 2.45) is 0 Å². The number of H-pyrrole nitrogens is 1. The van der Waals surface area contributed by atoms with Gasteiger partial charge in [-0.25, -0.2) is 0 Å². The molecule has 0 saturated heterocycles. The molecule has 1 aromatic heterocycles. The lowest BCUT2D eigenvalue weighted by molar-refractivity contribution is 0.476. The van der Waals surface area contributed by atoms with E-state index in [1.807, 2.05) is 12.2 Å². The van der Waals surface area contributed by atoms with Crippen LogP contribution in [0.25, 0.3) is 10.9 Å². The minimum absolute atomic E-state index is 0.0123. The molecule has 1 aliphatic rings. The number of allylic oxidation sites excluding steroid dienone is 4. The molecule has 3 rings (SSSR count). The number of aromatic hydroxyl groups is 1. The van der Waals surface area contributed by atoms with Gasteiger partial charge in [0, 0.05) is 29.1 Å². The number of phenolic OH excluding ortho intramolecular Hbond substituents is 1. The Labute approximate surface area is 104 Å². The smallest absolute Gasteiger partial charge is 0.189 e. The standard InChI is InChI=1S/C15H13NO2/c17-11-6-7-12-14(8-11)16-13(9-15(12)18)10-4-2-1-3-5-10/h1-4,6-10,17H,5H2,(H,16,18). The van der Waals surface area contributed by atoms with Gasteiger partial charge >= 0.3 is 0 Å². The number of nitrogens with one attached hydrogen (secondary N) is 1. The Balaban J connectivity index is 2.17. The minimum atomic E-state index is -0.0123. The molecule has 0 aliphatic heterocycles. The third-order valence-corrected chi connectivity index (χ3v) is 3.21. The maximum absolute atomic E-state index is 12.0. The molecule has 3 heteroatoms. The van der Waals surface area contributed by atoms with Crippen molar-refractivity contribution < 1.29 is 5.11 Å². The number of hydrogen-bond acceptors (Lipinski definition) is 2. The molecule has 3 nitrogen and oxygen atoms in total. The maximum Gasteiger partial charge on any atom is 0.189 e. The van der Waals surface area contributed by atoms with Crippen molar-refractivity contribution in [3.63, 3.8) is 0 Å². The first kappa shape index (κ1) is 10.8. The van der Waals surface area contributed by atoms with Gasteiger partial charge in [-0.05, 0) is 18.6 Å². The number of rotatable bonds is 1. The molecule has 1 heterocycles. The van der Waals surface area contributed by atoms with Gasteiger partial charge in [-0.3, -0.25) is 4.79 Å². The summed E-state index contributed by atoms with van der Waals surface area (Å²) < 4.78 is 0. The molecule has 1 unspecified atom stereocenters. The highest BCUT2D eigenvalue weighted by Gasteiger charge is 2.11. The summed E-state index contributed by atoms with van der Waals surface area (Å²) in [6.45, 7) is 0. The summed E-state index contributed by atoms with van der Waals surface area (Å²) in [4.78, 5) is 15.2. The molecule has 1 atom stereocenters. The maximum atomic E-state index is 12.0. The van der Waals surface area contributed by atoms with Crippen LogP contribution < -0.4 is 5.43 Å². The molecule has 90 valence electrons. The van der Waals surface area contributed by atoms with Gasteiger partial charge in [0.15, 0.2) is 5.43 Å². The van der Waals surface area contributed by atoms with Gasteiger partial charge in [0.2, 0.25) is 0 Å². The highest BCUT2D eigenvalue weighted by atomic mass is 16.3. The first-order valence-corrected chi connectivity index (χ1v) is 5.93. The van der Waals surface area contributed by atoms with Gasteiger partial charge in [-0.15, -0.1) is 0 Å². The molecule has 0 amide bonds. The average Bonchev–Trinajstić information content (AvgIpc) is 2.39. The van der Waals surface area contributed by atoms with Gasteiger partial charge in [0.05, 0.1) is 5.52 Å². The molecule has 1 aliphatic carbocycles. The quantitative estimate of drug-likeness (QED) is 0.804. The zero-order valence-corrected chi connectivity index (χ0v) is 9.76. The summed E-state index contributed by atoms with van der Waals surface area (Å²) in [6, 6.07) is 6.40. The van der Waals surface area contributed by atoms with Gasteiger partial charge in [-0.1, -0.05) is 24.3 Å². The van der Waals surface area contributed by atoms with E-state index in [9.17, 15) is 9.90 Å². The van der Waals surface area contributed by atoms with Crippen LogP contribution in [0.15, 0.2) is 53.4 Å². The number of aromatic nitrogens is 1. The molecule has 2 N–H and O–H groups in total. The fraction of sp³-hybridized carbons (Fsp3) is 0.133. The molecule has 0 fully saturated rings. The molecule has 0 bridgehead atoms. The van der Waals surface area contributed by atoms with E-state index in [2.05, 4.69) is 17.1 Å². The van der Waals surface area contributed by atoms with Crippen molar-refractivity contribution in [2.75, 3.05) is 0 Å². The summed E-state index contributed by atoms with van der Waals surface area (Å²) in [5, 5.41) is 10.1. The molecular formula is C15H13NO2.